The molecule has 3 fully saturated rings. The summed E-state index contributed by atoms with van der Waals surface area (Å²) in [6.45, 7) is 7.74. The maximum Gasteiger partial charge on any atom is 0.302 e. The predicted octanol–water partition coefficient (Wildman–Crippen LogP) is 4.27. The average Bonchev–Trinajstić information content (AvgIpc) is 2.86. The monoisotopic (exact) mass is 372 g/mol. The fourth-order valence-electron chi connectivity index (χ4n) is 7.60. The first-order valence-electron chi connectivity index (χ1n) is 10.6. The third-order valence-electron chi connectivity index (χ3n) is 8.72. The van der Waals surface area contributed by atoms with E-state index in [0.29, 0.717) is 24.2 Å². The first-order chi connectivity index (χ1) is 12.7. The largest absolute Gasteiger partial charge is 0.462 e. The number of hydrogen-bond acceptors (Lipinski definition) is 4. The maximum atomic E-state index is 12.5. The summed E-state index contributed by atoms with van der Waals surface area (Å²) in [7, 11) is 0. The van der Waals surface area contributed by atoms with Gasteiger partial charge in [-0.15, -0.1) is 0 Å². The van der Waals surface area contributed by atoms with Crippen molar-refractivity contribution < 1.29 is 19.1 Å². The molecule has 148 valence electrons. The third-order valence-corrected chi connectivity index (χ3v) is 8.72. The lowest BCUT2D eigenvalue weighted by Crippen LogP contribution is -2.51. The number of Topliss-reactive ketones (excluding diaryl/α,β-unsaturated/α-hetero) is 1. The van der Waals surface area contributed by atoms with E-state index >= 15 is 0 Å². The number of hydrogen-bond donors (Lipinski definition) is 0. The van der Waals surface area contributed by atoms with Crippen molar-refractivity contribution in [1.82, 2.24) is 0 Å². The van der Waals surface area contributed by atoms with Crippen LogP contribution in [0.25, 0.3) is 0 Å². The molecule has 3 saturated carbocycles. The van der Waals surface area contributed by atoms with E-state index < -0.39 is 0 Å². The molecule has 4 aliphatic rings. The molecule has 27 heavy (non-hydrogen) atoms. The number of esters is 1. The Kier molecular flexibility index (Phi) is 4.40. The number of ether oxygens (including phenoxy) is 1. The Morgan fingerprint density at radius 1 is 1.07 bits per heavy atom. The zero-order valence-corrected chi connectivity index (χ0v) is 17.0. The molecule has 1 unspecified atom stereocenters. The van der Waals surface area contributed by atoms with Gasteiger partial charge < -0.3 is 4.74 Å². The highest BCUT2D eigenvalue weighted by Crippen LogP contribution is 2.67. The summed E-state index contributed by atoms with van der Waals surface area (Å²) in [5, 5.41) is 0. The molecule has 0 aromatic rings. The van der Waals surface area contributed by atoms with Crippen LogP contribution in [0.4, 0.5) is 0 Å². The van der Waals surface area contributed by atoms with Crippen molar-refractivity contribution in [3.05, 3.63) is 11.6 Å². The maximum absolute atomic E-state index is 12.5. The van der Waals surface area contributed by atoms with E-state index in [9.17, 15) is 14.4 Å². The summed E-state index contributed by atoms with van der Waals surface area (Å²) < 4.78 is 5.65. The highest BCUT2D eigenvalue weighted by atomic mass is 16.5. The number of rotatable bonds is 2. The zero-order chi connectivity index (χ0) is 19.6. The fourth-order valence-corrected chi connectivity index (χ4v) is 7.60. The molecule has 0 aromatic carbocycles. The van der Waals surface area contributed by atoms with E-state index in [-0.39, 0.29) is 40.4 Å². The number of carbonyl (C=O) groups excluding carboxylic acids is 3. The summed E-state index contributed by atoms with van der Waals surface area (Å²) >= 11 is 0. The second-order valence-corrected chi connectivity index (χ2v) is 9.99. The van der Waals surface area contributed by atoms with Gasteiger partial charge in [0.1, 0.15) is 11.9 Å². The van der Waals surface area contributed by atoms with E-state index in [1.807, 2.05) is 6.08 Å². The van der Waals surface area contributed by atoms with Gasteiger partial charge in [0.15, 0.2) is 5.78 Å². The highest BCUT2D eigenvalue weighted by molar-refractivity contribution is 5.91. The summed E-state index contributed by atoms with van der Waals surface area (Å²) in [5.74, 6) is 1.55. The molecule has 0 spiro atoms. The number of carbonyl (C=O) groups is 3. The van der Waals surface area contributed by atoms with Gasteiger partial charge in [0.05, 0.1) is 5.92 Å². The van der Waals surface area contributed by atoms with Crippen molar-refractivity contribution in [2.45, 2.75) is 78.7 Å². The Morgan fingerprint density at radius 3 is 2.48 bits per heavy atom. The normalized spacial score (nSPS) is 46.0. The Balaban J connectivity index is 1.68. The Bertz CT molecular complexity index is 722. The van der Waals surface area contributed by atoms with Gasteiger partial charge in [-0.3, -0.25) is 14.4 Å². The topological polar surface area (TPSA) is 60.4 Å². The van der Waals surface area contributed by atoms with Crippen molar-refractivity contribution in [2.24, 2.45) is 34.5 Å². The minimum absolute atomic E-state index is 0.0742. The molecule has 4 aliphatic carbocycles. The quantitative estimate of drug-likeness (QED) is 0.679. The molecule has 0 radical (unpaired) electrons. The van der Waals surface area contributed by atoms with Crippen LogP contribution < -0.4 is 0 Å². The second kappa shape index (κ2) is 6.28. The van der Waals surface area contributed by atoms with Crippen molar-refractivity contribution in [3.8, 4) is 0 Å². The van der Waals surface area contributed by atoms with Crippen LogP contribution in [0, 0.1) is 34.5 Å². The van der Waals surface area contributed by atoms with Gasteiger partial charge in [0.25, 0.3) is 0 Å². The number of allylic oxidation sites excluding steroid dienone is 1. The van der Waals surface area contributed by atoms with Crippen molar-refractivity contribution in [1.29, 1.82) is 0 Å². The molecule has 7 atom stereocenters. The van der Waals surface area contributed by atoms with Crippen molar-refractivity contribution in [3.63, 3.8) is 0 Å². The smallest absolute Gasteiger partial charge is 0.302 e. The van der Waals surface area contributed by atoms with Gasteiger partial charge in [0, 0.05) is 13.3 Å². The number of fused-ring (bicyclic) bond motifs is 5. The van der Waals surface area contributed by atoms with Crippen LogP contribution in [0.5, 0.6) is 0 Å². The van der Waals surface area contributed by atoms with Crippen LogP contribution in [-0.4, -0.2) is 23.6 Å². The molecule has 0 amide bonds. The van der Waals surface area contributed by atoms with Crippen LogP contribution in [0.1, 0.15) is 72.6 Å². The lowest BCUT2D eigenvalue weighted by molar-refractivity contribution is -0.151. The zero-order valence-electron chi connectivity index (χ0n) is 17.0. The van der Waals surface area contributed by atoms with Crippen LogP contribution in [0.3, 0.4) is 0 Å². The molecule has 0 heterocycles. The first kappa shape index (κ1) is 18.9. The second-order valence-electron chi connectivity index (χ2n) is 9.99. The average molecular weight is 373 g/mol. The van der Waals surface area contributed by atoms with E-state index in [0.717, 1.165) is 38.5 Å². The molecule has 4 nitrogen and oxygen atoms in total. The van der Waals surface area contributed by atoms with Gasteiger partial charge in [-0.25, -0.2) is 0 Å². The van der Waals surface area contributed by atoms with Gasteiger partial charge in [-0.1, -0.05) is 19.4 Å². The molecule has 0 N–H and O–H groups in total. The van der Waals surface area contributed by atoms with Crippen LogP contribution in [0.2, 0.25) is 0 Å². The predicted molar refractivity (Wildman–Crippen MR) is 102 cm³/mol. The first-order valence-corrected chi connectivity index (χ1v) is 10.6. The highest BCUT2D eigenvalue weighted by Gasteiger charge is 2.63. The number of ketones is 2. The minimum atomic E-state index is -0.281. The SMILES string of the molecule is CC(=O)OC1C[C@H]2[C@@H]3CCC4=CC(=O)CC[C@]4(C)[C@H]3CC[C@]2(C)[C@H]1C(C)=O. The Hall–Kier alpha value is -1.45. The van der Waals surface area contributed by atoms with Crippen molar-refractivity contribution >= 4 is 17.5 Å². The van der Waals surface area contributed by atoms with E-state index in [1.54, 1.807) is 6.92 Å². The summed E-state index contributed by atoms with van der Waals surface area (Å²) in [6.07, 6.45) is 8.32. The van der Waals surface area contributed by atoms with Gasteiger partial charge >= 0.3 is 5.97 Å². The van der Waals surface area contributed by atoms with E-state index in [2.05, 4.69) is 13.8 Å². The Labute approximate surface area is 162 Å². The summed E-state index contributed by atoms with van der Waals surface area (Å²) in [6, 6.07) is 0. The Morgan fingerprint density at radius 2 is 1.81 bits per heavy atom. The molecule has 4 rings (SSSR count). The molecule has 0 aliphatic heterocycles. The molecular weight excluding hydrogens is 340 g/mol. The van der Waals surface area contributed by atoms with Gasteiger partial charge in [0.2, 0.25) is 0 Å². The van der Waals surface area contributed by atoms with Gasteiger partial charge in [-0.2, -0.15) is 0 Å². The summed E-state index contributed by atoms with van der Waals surface area (Å²) in [5.41, 5.74) is 1.42. The standard InChI is InChI=1S/C23H32O4/c1-13(24)21-20(27-14(2)25)12-19-17-6-5-15-11-16(26)7-9-22(15,3)18(17)8-10-23(19,21)4/h11,17-21H,5-10,12H2,1-4H3/t17-,18+,19+,20?,21+,22+,23+/m1/s1. The molecule has 0 bridgehead atoms. The van der Waals surface area contributed by atoms with E-state index in [1.165, 1.54) is 12.5 Å². The molecule has 4 heteroatoms. The lowest BCUT2D eigenvalue weighted by Gasteiger charge is -2.57. The third kappa shape index (κ3) is 2.74. The minimum Gasteiger partial charge on any atom is -0.462 e. The van der Waals surface area contributed by atoms with Gasteiger partial charge in [-0.05, 0) is 80.1 Å². The fraction of sp³-hybridized carbons (Fsp3) is 0.783. The molecule has 0 saturated heterocycles. The van der Waals surface area contributed by atoms with Crippen LogP contribution >= 0.6 is 0 Å². The van der Waals surface area contributed by atoms with Crippen LogP contribution in [-0.2, 0) is 19.1 Å². The van der Waals surface area contributed by atoms with E-state index in [4.69, 9.17) is 4.74 Å². The van der Waals surface area contributed by atoms with Crippen LogP contribution in [0.15, 0.2) is 11.6 Å². The van der Waals surface area contributed by atoms with Crippen molar-refractivity contribution in [2.75, 3.05) is 0 Å². The lowest BCUT2D eigenvalue weighted by atomic mass is 9.46. The molecule has 0 aromatic heterocycles. The molecular formula is C23H32O4. The summed E-state index contributed by atoms with van der Waals surface area (Å²) in [4.78, 5) is 36.2.